The van der Waals surface area contributed by atoms with Gasteiger partial charge in [0, 0.05) is 18.1 Å². The van der Waals surface area contributed by atoms with Crippen molar-refractivity contribution in [2.24, 2.45) is 0 Å². The molecule has 0 spiro atoms. The number of amides is 1. The zero-order chi connectivity index (χ0) is 9.68. The number of nitrogens with one attached hydrogen (secondary N) is 1. The molecule has 3 heteroatoms. The lowest BCUT2D eigenvalue weighted by Gasteiger charge is -1.94. The highest BCUT2D eigenvalue weighted by Crippen LogP contribution is 2.11. The van der Waals surface area contributed by atoms with Crippen LogP contribution in [0.25, 0.3) is 6.08 Å². The average molecular weight is 196 g/mol. The second kappa shape index (κ2) is 4.67. The smallest absolute Gasteiger partial charge is 0.220 e. The summed E-state index contributed by atoms with van der Waals surface area (Å²) >= 11 is 5.77. The predicted molar refractivity (Wildman–Crippen MR) is 54.3 cm³/mol. The van der Waals surface area contributed by atoms with Gasteiger partial charge >= 0.3 is 0 Å². The molecule has 1 rings (SSSR count). The van der Waals surface area contributed by atoms with E-state index >= 15 is 0 Å². The van der Waals surface area contributed by atoms with Gasteiger partial charge in [0.25, 0.3) is 0 Å². The van der Waals surface area contributed by atoms with E-state index in [0.717, 1.165) is 5.56 Å². The summed E-state index contributed by atoms with van der Waals surface area (Å²) in [5, 5.41) is 3.24. The largest absolute Gasteiger partial charge is 0.333 e. The van der Waals surface area contributed by atoms with E-state index in [9.17, 15) is 4.79 Å². The molecule has 0 aliphatic rings. The third-order valence-corrected chi connectivity index (χ3v) is 1.65. The van der Waals surface area contributed by atoms with Gasteiger partial charge in [-0.1, -0.05) is 23.7 Å². The summed E-state index contributed by atoms with van der Waals surface area (Å²) < 4.78 is 0. The van der Waals surface area contributed by atoms with E-state index in [1.165, 1.54) is 6.92 Å². The van der Waals surface area contributed by atoms with Crippen LogP contribution in [0.15, 0.2) is 30.5 Å². The van der Waals surface area contributed by atoms with E-state index in [0.29, 0.717) is 5.02 Å². The van der Waals surface area contributed by atoms with E-state index < -0.39 is 0 Å². The standard InChI is InChI=1S/C10H10ClNO/c1-8(13)12-6-5-9-3-2-4-10(11)7-9/h2-7H,1H3,(H,12,13)/b6-5+. The number of rotatable bonds is 2. The molecule has 0 atom stereocenters. The molecule has 0 heterocycles. The summed E-state index contributed by atoms with van der Waals surface area (Å²) in [4.78, 5) is 10.5. The van der Waals surface area contributed by atoms with Crippen LogP contribution in [0.1, 0.15) is 12.5 Å². The van der Waals surface area contributed by atoms with E-state index in [2.05, 4.69) is 5.32 Å². The number of carbonyl (C=O) groups is 1. The minimum atomic E-state index is -0.0849. The highest BCUT2D eigenvalue weighted by molar-refractivity contribution is 6.30. The van der Waals surface area contributed by atoms with Crippen LogP contribution in [-0.2, 0) is 4.79 Å². The van der Waals surface area contributed by atoms with Crippen molar-refractivity contribution in [3.63, 3.8) is 0 Å². The third-order valence-electron chi connectivity index (χ3n) is 1.41. The maximum atomic E-state index is 10.5. The molecule has 0 radical (unpaired) electrons. The number of hydrogen-bond donors (Lipinski definition) is 1. The van der Waals surface area contributed by atoms with Crippen LogP contribution >= 0.6 is 11.6 Å². The molecule has 1 N–H and O–H groups in total. The first kappa shape index (κ1) is 9.81. The van der Waals surface area contributed by atoms with E-state index in [-0.39, 0.29) is 5.91 Å². The molecule has 0 aromatic heterocycles. The molecule has 2 nitrogen and oxygen atoms in total. The Labute approximate surface area is 82.2 Å². The molecule has 0 aliphatic heterocycles. The second-order valence-electron chi connectivity index (χ2n) is 2.59. The fraction of sp³-hybridized carbons (Fsp3) is 0.100. The van der Waals surface area contributed by atoms with Crippen molar-refractivity contribution in [2.45, 2.75) is 6.92 Å². The Bertz CT molecular complexity index is 333. The van der Waals surface area contributed by atoms with E-state index in [4.69, 9.17) is 11.6 Å². The van der Waals surface area contributed by atoms with Crippen molar-refractivity contribution in [1.82, 2.24) is 5.32 Å². The zero-order valence-corrected chi connectivity index (χ0v) is 8.01. The lowest BCUT2D eigenvalue weighted by Crippen LogP contribution is -2.10. The zero-order valence-electron chi connectivity index (χ0n) is 7.25. The average Bonchev–Trinajstić information content (AvgIpc) is 2.03. The Morgan fingerprint density at radius 1 is 1.54 bits per heavy atom. The molecule has 0 fully saturated rings. The van der Waals surface area contributed by atoms with Gasteiger partial charge in [-0.05, 0) is 23.8 Å². The number of benzene rings is 1. The van der Waals surface area contributed by atoms with Crippen LogP contribution in [0.5, 0.6) is 0 Å². The molecular weight excluding hydrogens is 186 g/mol. The predicted octanol–water partition coefficient (Wildman–Crippen LogP) is 2.45. The molecule has 0 aliphatic carbocycles. The van der Waals surface area contributed by atoms with Crippen LogP contribution in [-0.4, -0.2) is 5.91 Å². The van der Waals surface area contributed by atoms with Gasteiger partial charge in [0.15, 0.2) is 0 Å². The Morgan fingerprint density at radius 2 is 2.31 bits per heavy atom. The third kappa shape index (κ3) is 3.76. The van der Waals surface area contributed by atoms with E-state index in [1.807, 2.05) is 18.2 Å². The molecule has 0 saturated heterocycles. The Hall–Kier alpha value is -1.28. The second-order valence-corrected chi connectivity index (χ2v) is 3.03. The highest BCUT2D eigenvalue weighted by Gasteiger charge is 1.88. The molecular formula is C10H10ClNO. The topological polar surface area (TPSA) is 29.1 Å². The van der Waals surface area contributed by atoms with Crippen LogP contribution in [0.3, 0.4) is 0 Å². The SMILES string of the molecule is CC(=O)N/C=C/c1cccc(Cl)c1. The molecule has 1 aromatic rings. The first-order valence-corrected chi connectivity index (χ1v) is 4.25. The molecule has 1 amide bonds. The molecule has 0 bridgehead atoms. The molecule has 13 heavy (non-hydrogen) atoms. The monoisotopic (exact) mass is 195 g/mol. The lowest BCUT2D eigenvalue weighted by atomic mass is 10.2. The number of carbonyl (C=O) groups excluding carboxylic acids is 1. The lowest BCUT2D eigenvalue weighted by molar-refractivity contribution is -0.118. The van der Waals surface area contributed by atoms with Crippen LogP contribution in [0, 0.1) is 0 Å². The summed E-state index contributed by atoms with van der Waals surface area (Å²) in [6.45, 7) is 1.46. The summed E-state index contributed by atoms with van der Waals surface area (Å²) in [7, 11) is 0. The summed E-state index contributed by atoms with van der Waals surface area (Å²) in [6.07, 6.45) is 3.38. The quantitative estimate of drug-likeness (QED) is 0.772. The normalized spacial score (nSPS) is 10.3. The summed E-state index contributed by atoms with van der Waals surface area (Å²) in [6, 6.07) is 7.39. The first-order chi connectivity index (χ1) is 6.18. The van der Waals surface area contributed by atoms with Crippen molar-refractivity contribution in [3.05, 3.63) is 41.1 Å². The van der Waals surface area contributed by atoms with Gasteiger partial charge in [-0.3, -0.25) is 4.79 Å². The van der Waals surface area contributed by atoms with Crippen molar-refractivity contribution >= 4 is 23.6 Å². The fourth-order valence-electron chi connectivity index (χ4n) is 0.866. The van der Waals surface area contributed by atoms with Crippen molar-refractivity contribution in [2.75, 3.05) is 0 Å². The molecule has 0 saturated carbocycles. The number of halogens is 1. The fourth-order valence-corrected chi connectivity index (χ4v) is 1.06. The van der Waals surface area contributed by atoms with Crippen molar-refractivity contribution in [1.29, 1.82) is 0 Å². The highest BCUT2D eigenvalue weighted by atomic mass is 35.5. The van der Waals surface area contributed by atoms with Crippen LogP contribution in [0.4, 0.5) is 0 Å². The first-order valence-electron chi connectivity index (χ1n) is 3.88. The van der Waals surface area contributed by atoms with Gasteiger partial charge in [0.1, 0.15) is 0 Å². The van der Waals surface area contributed by atoms with E-state index in [1.54, 1.807) is 18.3 Å². The van der Waals surface area contributed by atoms with Gasteiger partial charge in [-0.25, -0.2) is 0 Å². The Kier molecular flexibility index (Phi) is 3.53. The Balaban J connectivity index is 2.63. The van der Waals surface area contributed by atoms with Crippen LogP contribution in [0.2, 0.25) is 5.02 Å². The maximum Gasteiger partial charge on any atom is 0.220 e. The molecule has 1 aromatic carbocycles. The van der Waals surface area contributed by atoms with Crippen LogP contribution < -0.4 is 5.32 Å². The van der Waals surface area contributed by atoms with Gasteiger partial charge < -0.3 is 5.32 Å². The minimum absolute atomic E-state index is 0.0849. The molecule has 0 unspecified atom stereocenters. The van der Waals surface area contributed by atoms with Crippen molar-refractivity contribution < 1.29 is 4.79 Å². The molecule has 68 valence electrons. The minimum Gasteiger partial charge on any atom is -0.333 e. The number of hydrogen-bond acceptors (Lipinski definition) is 1. The maximum absolute atomic E-state index is 10.5. The van der Waals surface area contributed by atoms with Gasteiger partial charge in [0.05, 0.1) is 0 Å². The summed E-state index contributed by atoms with van der Waals surface area (Å²) in [5.74, 6) is -0.0849. The van der Waals surface area contributed by atoms with Crippen molar-refractivity contribution in [3.8, 4) is 0 Å². The van der Waals surface area contributed by atoms with Gasteiger partial charge in [-0.15, -0.1) is 0 Å². The van der Waals surface area contributed by atoms with Gasteiger partial charge in [0.2, 0.25) is 5.91 Å². The summed E-state index contributed by atoms with van der Waals surface area (Å²) in [5.41, 5.74) is 0.959. The Morgan fingerprint density at radius 3 is 2.92 bits per heavy atom. The van der Waals surface area contributed by atoms with Gasteiger partial charge in [-0.2, -0.15) is 0 Å².